The molecule has 1 aromatic rings. The lowest BCUT2D eigenvalue weighted by atomic mass is 9.92. The predicted molar refractivity (Wildman–Crippen MR) is 164 cm³/mol. The predicted octanol–water partition coefficient (Wildman–Crippen LogP) is 8.01. The van der Waals surface area contributed by atoms with Crippen molar-refractivity contribution in [1.29, 1.82) is 0 Å². The van der Waals surface area contributed by atoms with Crippen molar-refractivity contribution in [2.24, 2.45) is 11.8 Å². The van der Waals surface area contributed by atoms with Crippen molar-refractivity contribution in [1.82, 2.24) is 5.32 Å². The van der Waals surface area contributed by atoms with E-state index in [4.69, 9.17) is 9.47 Å². The molecular formula is C29H46BrNO5S2. The summed E-state index contributed by atoms with van der Waals surface area (Å²) in [6.07, 6.45) is 3.81. The van der Waals surface area contributed by atoms with Gasteiger partial charge in [-0.05, 0) is 70.6 Å². The number of rotatable bonds is 17. The molecule has 0 spiro atoms. The van der Waals surface area contributed by atoms with Gasteiger partial charge in [-0.3, -0.25) is 9.59 Å². The van der Waals surface area contributed by atoms with Crippen LogP contribution in [-0.2, 0) is 25.5 Å². The molecule has 0 saturated heterocycles. The van der Waals surface area contributed by atoms with Gasteiger partial charge >= 0.3 is 12.1 Å². The molecule has 1 aromatic carbocycles. The largest absolute Gasteiger partial charge is 0.466 e. The summed E-state index contributed by atoms with van der Waals surface area (Å²) in [7, 11) is 3.16. The van der Waals surface area contributed by atoms with E-state index in [2.05, 4.69) is 42.0 Å². The Kier molecular flexibility index (Phi) is 16.7. The zero-order valence-corrected chi connectivity index (χ0v) is 27.2. The van der Waals surface area contributed by atoms with Gasteiger partial charge in [0.2, 0.25) is 0 Å². The molecule has 9 heteroatoms. The van der Waals surface area contributed by atoms with E-state index in [-0.39, 0.29) is 36.1 Å². The fraction of sp³-hybridized carbons (Fsp3) is 0.690. The van der Waals surface area contributed by atoms with E-state index < -0.39 is 17.6 Å². The van der Waals surface area contributed by atoms with Crippen LogP contribution >= 0.6 is 37.5 Å². The van der Waals surface area contributed by atoms with Gasteiger partial charge in [0.25, 0.3) is 0 Å². The normalized spacial score (nSPS) is 14.0. The average Bonchev–Trinajstić information content (AvgIpc) is 2.81. The van der Waals surface area contributed by atoms with Gasteiger partial charge in [0.1, 0.15) is 11.4 Å². The smallest absolute Gasteiger partial charge is 0.407 e. The molecule has 0 aliphatic rings. The van der Waals surface area contributed by atoms with Crippen LogP contribution in [0.15, 0.2) is 28.7 Å². The first-order valence-corrected chi connectivity index (χ1v) is 16.7. The van der Waals surface area contributed by atoms with Crippen molar-refractivity contribution in [3.05, 3.63) is 34.3 Å². The molecule has 38 heavy (non-hydrogen) atoms. The zero-order chi connectivity index (χ0) is 28.7. The second-order valence-corrected chi connectivity index (χ2v) is 14.5. The molecule has 1 amide bonds. The first-order chi connectivity index (χ1) is 17.8. The lowest BCUT2D eigenvalue weighted by Gasteiger charge is -2.24. The third-order valence-corrected chi connectivity index (χ3v) is 8.99. The molecule has 0 radical (unpaired) electrons. The summed E-state index contributed by atoms with van der Waals surface area (Å²) >= 11 is 3.44. The van der Waals surface area contributed by atoms with Crippen molar-refractivity contribution in [2.45, 2.75) is 104 Å². The topological polar surface area (TPSA) is 81.7 Å². The summed E-state index contributed by atoms with van der Waals surface area (Å²) < 4.78 is 11.7. The maximum absolute atomic E-state index is 13.5. The molecule has 1 N–H and O–H groups in total. The zero-order valence-electron chi connectivity index (χ0n) is 24.0. The van der Waals surface area contributed by atoms with Gasteiger partial charge in [0.15, 0.2) is 0 Å². The second kappa shape index (κ2) is 18.2. The number of hydrogen-bond donors (Lipinski definition) is 1. The first kappa shape index (κ1) is 34.8. The number of unbranched alkanes of at least 4 members (excludes halogenated alkanes) is 1. The molecule has 0 aliphatic carbocycles. The Morgan fingerprint density at radius 2 is 1.74 bits per heavy atom. The number of ketones is 1. The molecule has 3 unspecified atom stereocenters. The van der Waals surface area contributed by atoms with E-state index in [9.17, 15) is 14.4 Å². The highest BCUT2D eigenvalue weighted by atomic mass is 79.9. The fourth-order valence-electron chi connectivity index (χ4n) is 3.76. The monoisotopic (exact) mass is 631 g/mol. The van der Waals surface area contributed by atoms with E-state index in [1.165, 1.54) is 0 Å². The number of amides is 1. The van der Waals surface area contributed by atoms with Crippen LogP contribution < -0.4 is 5.32 Å². The molecule has 0 aliphatic heterocycles. The summed E-state index contributed by atoms with van der Waals surface area (Å²) in [5.74, 6) is 0.226. The number of carbonyl (C=O) groups is 3. The van der Waals surface area contributed by atoms with Crippen molar-refractivity contribution in [3.8, 4) is 0 Å². The number of Topliss-reactive ketones (excluding diaryl/α,β-unsaturated/α-hetero) is 1. The van der Waals surface area contributed by atoms with Crippen molar-refractivity contribution >= 4 is 55.4 Å². The highest BCUT2D eigenvalue weighted by molar-refractivity contribution is 9.10. The number of esters is 1. The van der Waals surface area contributed by atoms with E-state index in [1.807, 2.05) is 45.0 Å². The number of carbonyl (C=O) groups excluding carboxylic acids is 3. The van der Waals surface area contributed by atoms with E-state index in [1.54, 1.807) is 28.5 Å². The summed E-state index contributed by atoms with van der Waals surface area (Å²) in [5, 5.41) is 2.76. The Hall–Kier alpha value is -1.19. The second-order valence-electron chi connectivity index (χ2n) is 10.9. The van der Waals surface area contributed by atoms with Crippen LogP contribution in [0.2, 0.25) is 0 Å². The van der Waals surface area contributed by atoms with E-state index in [0.29, 0.717) is 18.1 Å². The van der Waals surface area contributed by atoms with Crippen LogP contribution in [0.25, 0.3) is 0 Å². The molecule has 0 heterocycles. The van der Waals surface area contributed by atoms with Crippen LogP contribution in [0.5, 0.6) is 0 Å². The van der Waals surface area contributed by atoms with Crippen molar-refractivity contribution < 1.29 is 23.9 Å². The van der Waals surface area contributed by atoms with Crippen LogP contribution in [0.4, 0.5) is 4.79 Å². The quantitative estimate of drug-likeness (QED) is 0.138. The van der Waals surface area contributed by atoms with Crippen molar-refractivity contribution in [2.75, 3.05) is 12.4 Å². The Labute approximate surface area is 246 Å². The number of nitrogens with one attached hydrogen (secondary N) is 1. The highest BCUT2D eigenvalue weighted by Crippen LogP contribution is 2.34. The minimum Gasteiger partial charge on any atom is -0.466 e. The van der Waals surface area contributed by atoms with Crippen LogP contribution in [0, 0.1) is 11.8 Å². The Balaban J connectivity index is 2.86. The maximum atomic E-state index is 13.5. The van der Waals surface area contributed by atoms with Gasteiger partial charge in [-0.1, -0.05) is 83.3 Å². The molecule has 0 bridgehead atoms. The van der Waals surface area contributed by atoms with Crippen LogP contribution in [0.1, 0.15) is 86.1 Å². The highest BCUT2D eigenvalue weighted by Gasteiger charge is 2.29. The molecular weight excluding hydrogens is 586 g/mol. The van der Waals surface area contributed by atoms with Crippen LogP contribution in [0.3, 0.4) is 0 Å². The SMILES string of the molecule is CCCCC(CSSC(CC(C)C)C(=O)CC(Cc1ccc(Br)cc1)C(=O)OCC)NC(=O)OC(C)(C)C. The molecule has 216 valence electrons. The summed E-state index contributed by atoms with van der Waals surface area (Å²) in [5.41, 5.74) is 0.440. The minimum atomic E-state index is -0.554. The van der Waals surface area contributed by atoms with Gasteiger partial charge in [-0.15, -0.1) is 0 Å². The van der Waals surface area contributed by atoms with Gasteiger partial charge in [-0.2, -0.15) is 0 Å². The summed E-state index contributed by atoms with van der Waals surface area (Å²) in [6.45, 7) is 13.9. The Morgan fingerprint density at radius 3 is 2.29 bits per heavy atom. The molecule has 1 rings (SSSR count). The maximum Gasteiger partial charge on any atom is 0.407 e. The number of alkyl carbamates (subject to hydrolysis) is 1. The molecule has 0 saturated carbocycles. The van der Waals surface area contributed by atoms with E-state index in [0.717, 1.165) is 35.7 Å². The number of hydrogen-bond acceptors (Lipinski definition) is 7. The molecule has 0 fully saturated rings. The average molecular weight is 633 g/mol. The lowest BCUT2D eigenvalue weighted by Crippen LogP contribution is -2.40. The van der Waals surface area contributed by atoms with Crippen molar-refractivity contribution in [3.63, 3.8) is 0 Å². The Morgan fingerprint density at radius 1 is 1.08 bits per heavy atom. The third-order valence-electron chi connectivity index (χ3n) is 5.59. The van der Waals surface area contributed by atoms with Gasteiger partial charge in [0.05, 0.1) is 17.8 Å². The number of ether oxygens (including phenoxy) is 2. The number of benzene rings is 1. The molecule has 0 aromatic heterocycles. The van der Waals surface area contributed by atoms with E-state index >= 15 is 0 Å². The fourth-order valence-corrected chi connectivity index (χ4v) is 7.12. The lowest BCUT2D eigenvalue weighted by molar-refractivity contribution is -0.149. The van der Waals surface area contributed by atoms with Gasteiger partial charge in [-0.25, -0.2) is 4.79 Å². The third kappa shape index (κ3) is 15.4. The summed E-state index contributed by atoms with van der Waals surface area (Å²) in [4.78, 5) is 38.6. The number of halogens is 1. The molecule has 6 nitrogen and oxygen atoms in total. The summed E-state index contributed by atoms with van der Waals surface area (Å²) in [6, 6.07) is 7.76. The minimum absolute atomic E-state index is 0.0400. The standard InChI is InChI=1S/C29H46BrNO5S2/c1-8-10-11-24(31-28(34)36-29(5,6)7)19-37-38-26(16-20(3)4)25(32)18-22(27(33)35-9-2)17-21-12-14-23(30)15-13-21/h12-15,20,22,24,26H,8-11,16-19H2,1-7H3,(H,31,34). The van der Waals surface area contributed by atoms with Gasteiger partial charge < -0.3 is 14.8 Å². The molecule has 3 atom stereocenters. The van der Waals surface area contributed by atoms with Gasteiger partial charge in [0, 0.05) is 22.7 Å². The Bertz CT molecular complexity index is 858. The van der Waals surface area contributed by atoms with Crippen LogP contribution in [-0.4, -0.2) is 47.1 Å². The first-order valence-electron chi connectivity index (χ1n) is 13.6.